The maximum atomic E-state index is 13.0. The lowest BCUT2D eigenvalue weighted by atomic mass is 10.2. The molecule has 1 N–H and O–H groups in total. The molecule has 0 unspecified atom stereocenters. The Morgan fingerprint density at radius 1 is 1.21 bits per heavy atom. The van der Waals surface area contributed by atoms with Crippen molar-refractivity contribution in [3.05, 3.63) is 54.2 Å². The Kier molecular flexibility index (Phi) is 6.29. The van der Waals surface area contributed by atoms with Crippen LogP contribution in [0.4, 0.5) is 10.1 Å². The van der Waals surface area contributed by atoms with Crippen molar-refractivity contribution in [3.63, 3.8) is 0 Å². The number of amides is 1. The summed E-state index contributed by atoms with van der Waals surface area (Å²) in [4.78, 5) is 16.5. The molecule has 154 valence electrons. The summed E-state index contributed by atoms with van der Waals surface area (Å²) in [6, 6.07) is 9.86. The first-order valence-electron chi connectivity index (χ1n) is 9.21. The van der Waals surface area contributed by atoms with Crippen LogP contribution >= 0.6 is 0 Å². The molecule has 1 heterocycles. The number of aromatic nitrogens is 1. The summed E-state index contributed by atoms with van der Waals surface area (Å²) < 4.78 is 44.6. The van der Waals surface area contributed by atoms with E-state index in [0.717, 1.165) is 16.4 Å². The molecule has 3 rings (SSSR count). The van der Waals surface area contributed by atoms with Crippen molar-refractivity contribution in [3.8, 4) is 0 Å². The van der Waals surface area contributed by atoms with Gasteiger partial charge < -0.3 is 9.73 Å². The third-order valence-electron chi connectivity index (χ3n) is 4.42. The van der Waals surface area contributed by atoms with E-state index in [4.69, 9.17) is 4.42 Å². The number of sulfonamides is 1. The first-order chi connectivity index (χ1) is 13.8. The Morgan fingerprint density at radius 3 is 2.62 bits per heavy atom. The minimum absolute atomic E-state index is 0.0122. The molecule has 0 bridgehead atoms. The number of aryl methyl sites for hydroxylation is 1. The number of nitrogens with one attached hydrogen (secondary N) is 1. The van der Waals surface area contributed by atoms with E-state index in [2.05, 4.69) is 10.3 Å². The van der Waals surface area contributed by atoms with Crippen LogP contribution in [0.25, 0.3) is 11.1 Å². The molecule has 0 saturated carbocycles. The van der Waals surface area contributed by atoms with E-state index in [-0.39, 0.29) is 23.8 Å². The van der Waals surface area contributed by atoms with E-state index in [0.29, 0.717) is 35.5 Å². The van der Waals surface area contributed by atoms with Crippen molar-refractivity contribution in [2.45, 2.75) is 31.1 Å². The number of oxazole rings is 1. The minimum atomic E-state index is -3.72. The monoisotopic (exact) mass is 419 g/mol. The zero-order valence-corrected chi connectivity index (χ0v) is 17.0. The lowest BCUT2D eigenvalue weighted by molar-refractivity contribution is -0.116. The largest absolute Gasteiger partial charge is 0.441 e. The highest BCUT2D eigenvalue weighted by atomic mass is 32.2. The maximum Gasteiger partial charge on any atom is 0.242 e. The molecule has 0 saturated heterocycles. The predicted molar refractivity (Wildman–Crippen MR) is 107 cm³/mol. The van der Waals surface area contributed by atoms with Crippen LogP contribution in [0.15, 0.2) is 51.8 Å². The molecule has 9 heteroatoms. The van der Waals surface area contributed by atoms with Crippen molar-refractivity contribution >= 4 is 32.7 Å². The van der Waals surface area contributed by atoms with Crippen molar-refractivity contribution in [1.29, 1.82) is 0 Å². The van der Waals surface area contributed by atoms with Gasteiger partial charge >= 0.3 is 0 Å². The summed E-state index contributed by atoms with van der Waals surface area (Å²) in [5.74, 6) is -0.0944. The number of anilines is 1. The van der Waals surface area contributed by atoms with Gasteiger partial charge in [-0.05, 0) is 48.9 Å². The second-order valence-electron chi connectivity index (χ2n) is 6.58. The van der Waals surface area contributed by atoms with Crippen LogP contribution in [0.3, 0.4) is 0 Å². The standard InChI is InChI=1S/C20H22FN3O4S/c1-3-20-23-17-13-15(8-11-18(17)28-20)22-19(25)5-4-12-24(2)29(26,27)16-9-6-14(21)7-10-16/h6-11,13H,3-5,12H2,1-2H3,(H,22,25). The first kappa shape index (κ1) is 20.9. The van der Waals surface area contributed by atoms with E-state index in [9.17, 15) is 17.6 Å². The van der Waals surface area contributed by atoms with E-state index < -0.39 is 15.8 Å². The van der Waals surface area contributed by atoms with Crippen LogP contribution in [0, 0.1) is 5.82 Å². The van der Waals surface area contributed by atoms with Crippen molar-refractivity contribution in [1.82, 2.24) is 9.29 Å². The van der Waals surface area contributed by atoms with Gasteiger partial charge in [0.1, 0.15) is 11.3 Å². The first-order valence-corrected chi connectivity index (χ1v) is 10.6. The van der Waals surface area contributed by atoms with Crippen LogP contribution in [0.2, 0.25) is 0 Å². The number of fused-ring (bicyclic) bond motifs is 1. The number of carbonyl (C=O) groups excluding carboxylic acids is 1. The van der Waals surface area contributed by atoms with Gasteiger partial charge in [-0.3, -0.25) is 4.79 Å². The van der Waals surface area contributed by atoms with Gasteiger partial charge in [0, 0.05) is 32.1 Å². The van der Waals surface area contributed by atoms with E-state index in [1.807, 2.05) is 6.92 Å². The third-order valence-corrected chi connectivity index (χ3v) is 6.29. The van der Waals surface area contributed by atoms with Crippen LogP contribution in [0.1, 0.15) is 25.7 Å². The second-order valence-corrected chi connectivity index (χ2v) is 8.62. The highest BCUT2D eigenvalue weighted by Gasteiger charge is 2.20. The molecule has 29 heavy (non-hydrogen) atoms. The van der Waals surface area contributed by atoms with Gasteiger partial charge in [0.2, 0.25) is 15.9 Å². The normalized spacial score (nSPS) is 11.9. The lowest BCUT2D eigenvalue weighted by Gasteiger charge is -2.17. The van der Waals surface area contributed by atoms with Crippen molar-refractivity contribution < 1.29 is 22.0 Å². The summed E-state index contributed by atoms with van der Waals surface area (Å²) in [6.07, 6.45) is 1.18. The van der Waals surface area contributed by atoms with Crippen molar-refractivity contribution in [2.75, 3.05) is 18.9 Å². The summed E-state index contributed by atoms with van der Waals surface area (Å²) in [5, 5.41) is 2.78. The fraction of sp³-hybridized carbons (Fsp3) is 0.300. The SMILES string of the molecule is CCc1nc2cc(NC(=O)CCCN(C)S(=O)(=O)c3ccc(F)cc3)ccc2o1. The average Bonchev–Trinajstić information content (AvgIpc) is 3.10. The van der Waals surface area contributed by atoms with Gasteiger partial charge in [0.25, 0.3) is 0 Å². The van der Waals surface area contributed by atoms with Gasteiger partial charge in [-0.15, -0.1) is 0 Å². The Hall–Kier alpha value is -2.78. The van der Waals surface area contributed by atoms with Crippen LogP contribution in [-0.2, 0) is 21.2 Å². The number of nitrogens with zero attached hydrogens (tertiary/aromatic N) is 2. The fourth-order valence-electron chi connectivity index (χ4n) is 2.80. The molecule has 0 aliphatic rings. The number of benzene rings is 2. The van der Waals surface area contributed by atoms with Gasteiger partial charge in [-0.25, -0.2) is 22.1 Å². The van der Waals surface area contributed by atoms with E-state index in [1.54, 1.807) is 18.2 Å². The highest BCUT2D eigenvalue weighted by molar-refractivity contribution is 7.89. The molecule has 0 atom stereocenters. The quantitative estimate of drug-likeness (QED) is 0.603. The molecule has 7 nitrogen and oxygen atoms in total. The third kappa shape index (κ3) is 4.99. The summed E-state index contributed by atoms with van der Waals surface area (Å²) in [6.45, 7) is 2.11. The molecule has 0 fully saturated rings. The molecule has 2 aromatic carbocycles. The predicted octanol–water partition coefficient (Wildman–Crippen LogP) is 3.57. The summed E-state index contributed by atoms with van der Waals surface area (Å²) >= 11 is 0. The van der Waals surface area contributed by atoms with Crippen LogP contribution in [-0.4, -0.2) is 37.2 Å². The summed E-state index contributed by atoms with van der Waals surface area (Å²) in [7, 11) is -2.29. The van der Waals surface area contributed by atoms with Gasteiger partial charge in [-0.2, -0.15) is 0 Å². The average molecular weight is 419 g/mol. The number of hydrogen-bond acceptors (Lipinski definition) is 5. The number of halogens is 1. The zero-order chi connectivity index (χ0) is 21.0. The summed E-state index contributed by atoms with van der Waals surface area (Å²) in [5.41, 5.74) is 1.93. The van der Waals surface area contributed by atoms with Gasteiger partial charge in [-0.1, -0.05) is 6.92 Å². The zero-order valence-electron chi connectivity index (χ0n) is 16.2. The molecule has 3 aromatic rings. The van der Waals surface area contributed by atoms with E-state index >= 15 is 0 Å². The highest BCUT2D eigenvalue weighted by Crippen LogP contribution is 2.21. The Bertz CT molecular complexity index is 1110. The Labute approximate surface area is 168 Å². The second kappa shape index (κ2) is 8.71. The maximum absolute atomic E-state index is 13.0. The van der Waals surface area contributed by atoms with Gasteiger partial charge in [0.15, 0.2) is 11.5 Å². The van der Waals surface area contributed by atoms with Crippen LogP contribution in [0.5, 0.6) is 0 Å². The molecule has 1 amide bonds. The lowest BCUT2D eigenvalue weighted by Crippen LogP contribution is -2.28. The van der Waals surface area contributed by atoms with E-state index in [1.165, 1.54) is 19.2 Å². The van der Waals surface area contributed by atoms with Crippen LogP contribution < -0.4 is 5.32 Å². The minimum Gasteiger partial charge on any atom is -0.441 e. The fourth-order valence-corrected chi connectivity index (χ4v) is 4.01. The van der Waals surface area contributed by atoms with Crippen molar-refractivity contribution in [2.24, 2.45) is 0 Å². The van der Waals surface area contributed by atoms with Gasteiger partial charge in [0.05, 0.1) is 4.90 Å². The smallest absolute Gasteiger partial charge is 0.242 e. The molecule has 0 radical (unpaired) electrons. The molecule has 1 aromatic heterocycles. The number of carbonyl (C=O) groups is 1. The molecular formula is C20H22FN3O4S. The topological polar surface area (TPSA) is 92.5 Å². The molecule has 0 aliphatic carbocycles. The molecular weight excluding hydrogens is 397 g/mol. The number of rotatable bonds is 8. The number of hydrogen-bond donors (Lipinski definition) is 1. The Morgan fingerprint density at radius 2 is 1.93 bits per heavy atom. The molecule has 0 aliphatic heterocycles. The Balaban J connectivity index is 1.53. The molecule has 0 spiro atoms.